The van der Waals surface area contributed by atoms with Crippen LogP contribution >= 0.6 is 0 Å². The molecule has 0 saturated heterocycles. The number of nitrogens with one attached hydrogen (secondary N) is 1. The Morgan fingerprint density at radius 1 is 1.00 bits per heavy atom. The molecule has 1 aromatic heterocycles. The SMILES string of the molecule is COc1ccc2oc(=O)c(/C(C)=N/NC(=O)c3cc4ccccc4cc3O)cc2c1. The molecule has 0 fully saturated rings. The van der Waals surface area contributed by atoms with Gasteiger partial charge < -0.3 is 14.3 Å². The summed E-state index contributed by atoms with van der Waals surface area (Å²) in [5.41, 5.74) is 2.79. The van der Waals surface area contributed by atoms with Gasteiger partial charge in [0.25, 0.3) is 5.91 Å². The Morgan fingerprint density at radius 3 is 2.43 bits per heavy atom. The zero-order valence-corrected chi connectivity index (χ0v) is 16.3. The summed E-state index contributed by atoms with van der Waals surface area (Å²) in [6, 6.07) is 17.2. The van der Waals surface area contributed by atoms with E-state index in [1.165, 1.54) is 6.07 Å². The third-order valence-electron chi connectivity index (χ3n) is 4.76. The molecule has 0 aliphatic rings. The lowest BCUT2D eigenvalue weighted by molar-refractivity contribution is 0.0952. The fraction of sp³-hybridized carbons (Fsp3) is 0.0870. The predicted octanol–water partition coefficient (Wildman–Crippen LogP) is 3.81. The van der Waals surface area contributed by atoms with Crippen LogP contribution in [0.15, 0.2) is 75.0 Å². The molecule has 0 unspecified atom stereocenters. The molecule has 1 amide bonds. The van der Waals surface area contributed by atoms with Gasteiger partial charge in [-0.25, -0.2) is 10.2 Å². The Labute approximate surface area is 171 Å². The smallest absolute Gasteiger partial charge is 0.345 e. The van der Waals surface area contributed by atoms with Gasteiger partial charge in [0.1, 0.15) is 17.1 Å². The van der Waals surface area contributed by atoms with Crippen LogP contribution in [0.1, 0.15) is 22.8 Å². The van der Waals surface area contributed by atoms with Gasteiger partial charge >= 0.3 is 5.63 Å². The second kappa shape index (κ2) is 7.71. The van der Waals surface area contributed by atoms with E-state index < -0.39 is 11.5 Å². The highest BCUT2D eigenvalue weighted by atomic mass is 16.5. The molecule has 2 N–H and O–H groups in total. The largest absolute Gasteiger partial charge is 0.507 e. The number of aromatic hydroxyl groups is 1. The molecule has 7 heteroatoms. The molecule has 7 nitrogen and oxygen atoms in total. The standard InChI is InChI=1S/C23H18N2O5/c1-13(18-11-16-9-17(29-2)7-8-21(16)30-23(18)28)24-25-22(27)19-10-14-5-3-4-6-15(14)12-20(19)26/h3-12,26H,1-2H3,(H,25,27)/b24-13+. The second-order valence-corrected chi connectivity index (χ2v) is 6.71. The molecular weight excluding hydrogens is 384 g/mol. The Hall–Kier alpha value is -4.13. The van der Waals surface area contributed by atoms with Crippen LogP contribution in [0.4, 0.5) is 0 Å². The van der Waals surface area contributed by atoms with E-state index >= 15 is 0 Å². The molecule has 3 aromatic carbocycles. The number of carbonyl (C=O) groups excluding carboxylic acids is 1. The van der Waals surface area contributed by atoms with Gasteiger partial charge in [0.05, 0.1) is 23.9 Å². The van der Waals surface area contributed by atoms with Crippen LogP contribution in [-0.4, -0.2) is 23.8 Å². The van der Waals surface area contributed by atoms with Crippen molar-refractivity contribution in [2.75, 3.05) is 7.11 Å². The predicted molar refractivity (Wildman–Crippen MR) is 114 cm³/mol. The number of phenols is 1. The molecule has 0 aliphatic carbocycles. The van der Waals surface area contributed by atoms with E-state index in [0.717, 1.165) is 10.8 Å². The fourth-order valence-corrected chi connectivity index (χ4v) is 3.15. The highest BCUT2D eigenvalue weighted by Crippen LogP contribution is 2.25. The van der Waals surface area contributed by atoms with Gasteiger partial charge in [-0.1, -0.05) is 24.3 Å². The number of methoxy groups -OCH3 is 1. The number of hydrogen-bond acceptors (Lipinski definition) is 6. The van der Waals surface area contributed by atoms with E-state index in [0.29, 0.717) is 16.7 Å². The summed E-state index contributed by atoms with van der Waals surface area (Å²) < 4.78 is 10.5. The zero-order valence-electron chi connectivity index (χ0n) is 16.3. The van der Waals surface area contributed by atoms with Gasteiger partial charge in [-0.2, -0.15) is 5.10 Å². The maximum Gasteiger partial charge on any atom is 0.345 e. The Bertz CT molecular complexity index is 1370. The van der Waals surface area contributed by atoms with Crippen molar-refractivity contribution in [3.05, 3.63) is 82.2 Å². The van der Waals surface area contributed by atoms with E-state index in [2.05, 4.69) is 10.5 Å². The lowest BCUT2D eigenvalue weighted by atomic mass is 10.1. The molecule has 0 saturated carbocycles. The average molecular weight is 402 g/mol. The molecule has 0 atom stereocenters. The minimum absolute atomic E-state index is 0.0838. The third kappa shape index (κ3) is 3.60. The fourth-order valence-electron chi connectivity index (χ4n) is 3.15. The first-order chi connectivity index (χ1) is 14.5. The molecule has 150 valence electrons. The number of hydrazone groups is 1. The quantitative estimate of drug-likeness (QED) is 0.307. The molecule has 4 aromatic rings. The number of benzene rings is 3. The molecule has 0 radical (unpaired) electrons. The summed E-state index contributed by atoms with van der Waals surface area (Å²) in [6.45, 7) is 1.58. The molecule has 0 aliphatic heterocycles. The van der Waals surface area contributed by atoms with Gasteiger partial charge in [-0.05, 0) is 54.1 Å². The monoisotopic (exact) mass is 402 g/mol. The summed E-state index contributed by atoms with van der Waals surface area (Å²) in [5.74, 6) is -0.127. The van der Waals surface area contributed by atoms with E-state index in [1.54, 1.807) is 44.4 Å². The maximum atomic E-state index is 12.5. The van der Waals surface area contributed by atoms with Crippen LogP contribution in [0, 0.1) is 0 Å². The van der Waals surface area contributed by atoms with Crippen LogP contribution in [0.25, 0.3) is 21.7 Å². The molecule has 4 rings (SSSR count). The molecule has 0 spiro atoms. The number of nitrogens with zero attached hydrogens (tertiary/aromatic N) is 1. The number of ether oxygens (including phenoxy) is 1. The van der Waals surface area contributed by atoms with Crippen molar-refractivity contribution in [3.63, 3.8) is 0 Å². The van der Waals surface area contributed by atoms with Crippen molar-refractivity contribution >= 4 is 33.4 Å². The van der Waals surface area contributed by atoms with E-state index in [-0.39, 0.29) is 22.6 Å². The van der Waals surface area contributed by atoms with Crippen molar-refractivity contribution in [2.45, 2.75) is 6.92 Å². The van der Waals surface area contributed by atoms with Crippen LogP contribution in [0.5, 0.6) is 11.5 Å². The first kappa shape index (κ1) is 19.2. The number of rotatable bonds is 4. The maximum absolute atomic E-state index is 12.5. The van der Waals surface area contributed by atoms with Crippen LogP contribution < -0.4 is 15.8 Å². The molecule has 0 bridgehead atoms. The highest BCUT2D eigenvalue weighted by molar-refractivity contribution is 6.04. The second-order valence-electron chi connectivity index (χ2n) is 6.71. The normalized spacial score (nSPS) is 11.6. The van der Waals surface area contributed by atoms with Gasteiger partial charge in [0.15, 0.2) is 0 Å². The number of phenolic OH excluding ortho intramolecular Hbond substituents is 1. The van der Waals surface area contributed by atoms with Crippen molar-refractivity contribution in [1.82, 2.24) is 5.43 Å². The van der Waals surface area contributed by atoms with Crippen molar-refractivity contribution < 1.29 is 19.1 Å². The zero-order chi connectivity index (χ0) is 21.3. The number of carbonyl (C=O) groups is 1. The number of hydrogen-bond donors (Lipinski definition) is 2. The average Bonchev–Trinajstić information content (AvgIpc) is 2.75. The van der Waals surface area contributed by atoms with Crippen molar-refractivity contribution in [3.8, 4) is 11.5 Å². The Balaban J connectivity index is 1.64. The minimum atomic E-state index is -0.593. The summed E-state index contributed by atoms with van der Waals surface area (Å²) in [6.07, 6.45) is 0. The summed E-state index contributed by atoms with van der Waals surface area (Å²) in [4.78, 5) is 24.8. The van der Waals surface area contributed by atoms with E-state index in [9.17, 15) is 14.7 Å². The summed E-state index contributed by atoms with van der Waals surface area (Å²) in [7, 11) is 1.55. The topological polar surface area (TPSA) is 101 Å². The van der Waals surface area contributed by atoms with Gasteiger partial charge in [-0.15, -0.1) is 0 Å². The Morgan fingerprint density at radius 2 is 1.70 bits per heavy atom. The van der Waals surface area contributed by atoms with Gasteiger partial charge in [-0.3, -0.25) is 4.79 Å². The Kier molecular flexibility index (Phi) is 4.93. The van der Waals surface area contributed by atoms with Crippen molar-refractivity contribution in [2.24, 2.45) is 5.10 Å². The first-order valence-corrected chi connectivity index (χ1v) is 9.15. The van der Waals surface area contributed by atoms with Crippen LogP contribution in [0.3, 0.4) is 0 Å². The third-order valence-corrected chi connectivity index (χ3v) is 4.76. The van der Waals surface area contributed by atoms with E-state index in [1.807, 2.05) is 24.3 Å². The molecule has 30 heavy (non-hydrogen) atoms. The first-order valence-electron chi connectivity index (χ1n) is 9.15. The van der Waals surface area contributed by atoms with Crippen LogP contribution in [0.2, 0.25) is 0 Å². The highest BCUT2D eigenvalue weighted by Gasteiger charge is 2.14. The number of fused-ring (bicyclic) bond motifs is 2. The molecular formula is C23H18N2O5. The summed E-state index contributed by atoms with van der Waals surface area (Å²) in [5, 5.41) is 16.5. The van der Waals surface area contributed by atoms with E-state index in [4.69, 9.17) is 9.15 Å². The number of amides is 1. The van der Waals surface area contributed by atoms with Gasteiger partial charge in [0, 0.05) is 5.39 Å². The minimum Gasteiger partial charge on any atom is -0.507 e. The lowest BCUT2D eigenvalue weighted by Gasteiger charge is -2.07. The van der Waals surface area contributed by atoms with Gasteiger partial charge in [0.2, 0.25) is 0 Å². The van der Waals surface area contributed by atoms with Crippen LogP contribution in [-0.2, 0) is 0 Å². The van der Waals surface area contributed by atoms with Crippen molar-refractivity contribution in [1.29, 1.82) is 0 Å². The molecule has 1 heterocycles. The summed E-state index contributed by atoms with van der Waals surface area (Å²) >= 11 is 0. The lowest BCUT2D eigenvalue weighted by Crippen LogP contribution is -2.21.